The Kier molecular flexibility index (Phi) is 10.5. The number of piperazine rings is 1. The van der Waals surface area contributed by atoms with Crippen molar-refractivity contribution >= 4 is 29.2 Å². The first-order chi connectivity index (χ1) is 20.9. The Morgan fingerprint density at radius 1 is 0.977 bits per heavy atom. The number of unbranched alkanes of at least 4 members (excludes halogenated alkanes) is 3. The summed E-state index contributed by atoms with van der Waals surface area (Å²) in [5, 5.41) is 12.1. The van der Waals surface area contributed by atoms with Gasteiger partial charge >= 0.3 is 12.2 Å². The quantitative estimate of drug-likeness (QED) is 0.239. The molecular formula is C33H38F3N5O3. The van der Waals surface area contributed by atoms with Gasteiger partial charge in [0, 0.05) is 43.0 Å². The number of nitrogens with zero attached hydrogens (tertiary/aromatic N) is 4. The summed E-state index contributed by atoms with van der Waals surface area (Å²) in [4.78, 5) is 43.6. The first-order valence-corrected chi connectivity index (χ1v) is 15.0. The Morgan fingerprint density at radius 2 is 1.66 bits per heavy atom. The fourth-order valence-corrected chi connectivity index (χ4v) is 5.69. The molecule has 44 heavy (non-hydrogen) atoms. The van der Waals surface area contributed by atoms with E-state index in [0.717, 1.165) is 61.1 Å². The zero-order valence-corrected chi connectivity index (χ0v) is 25.3. The SMILES string of the molecule is CC1=C(CCCCCCN2CCN(C(=O)Nc3ccccc3C(C)C)CC2)C(=O)N(c2ccc(C#N)c(C(F)(F)F)c2)C1=O. The third kappa shape index (κ3) is 7.48. The fourth-order valence-electron chi connectivity index (χ4n) is 5.69. The lowest BCUT2D eigenvalue weighted by molar-refractivity contribution is -0.138. The summed E-state index contributed by atoms with van der Waals surface area (Å²) < 4.78 is 40.3. The van der Waals surface area contributed by atoms with Crippen LogP contribution in [0.2, 0.25) is 0 Å². The maximum absolute atomic E-state index is 13.4. The summed E-state index contributed by atoms with van der Waals surface area (Å²) in [6.45, 7) is 9.52. The molecule has 0 saturated carbocycles. The Bertz CT molecular complexity index is 1470. The van der Waals surface area contributed by atoms with Gasteiger partial charge in [0.05, 0.1) is 22.9 Å². The zero-order valence-electron chi connectivity index (χ0n) is 25.3. The molecule has 234 valence electrons. The normalized spacial score (nSPS) is 16.2. The molecular weight excluding hydrogens is 571 g/mol. The molecule has 2 aromatic carbocycles. The number of benzene rings is 2. The lowest BCUT2D eigenvalue weighted by atomic mass is 10.0. The van der Waals surface area contributed by atoms with Crippen molar-refractivity contribution in [1.29, 1.82) is 5.26 Å². The Balaban J connectivity index is 1.19. The number of imide groups is 1. The summed E-state index contributed by atoms with van der Waals surface area (Å²) in [7, 11) is 0. The average molecular weight is 610 g/mol. The number of hydrogen-bond donors (Lipinski definition) is 1. The molecule has 1 fully saturated rings. The van der Waals surface area contributed by atoms with Crippen LogP contribution in [0.3, 0.4) is 0 Å². The van der Waals surface area contributed by atoms with Crippen LogP contribution >= 0.6 is 0 Å². The van der Waals surface area contributed by atoms with Crippen LogP contribution in [0.1, 0.15) is 75.5 Å². The first-order valence-electron chi connectivity index (χ1n) is 15.0. The molecule has 0 aliphatic carbocycles. The highest BCUT2D eigenvalue weighted by atomic mass is 19.4. The van der Waals surface area contributed by atoms with Gasteiger partial charge in [0.2, 0.25) is 0 Å². The van der Waals surface area contributed by atoms with E-state index in [1.807, 2.05) is 29.2 Å². The second-order valence-corrected chi connectivity index (χ2v) is 11.6. The number of amides is 4. The van der Waals surface area contributed by atoms with Crippen LogP contribution in [-0.4, -0.2) is 60.4 Å². The van der Waals surface area contributed by atoms with Gasteiger partial charge in [0.1, 0.15) is 0 Å². The molecule has 0 radical (unpaired) electrons. The molecule has 4 rings (SSSR count). The van der Waals surface area contributed by atoms with Gasteiger partial charge in [0.25, 0.3) is 11.8 Å². The maximum atomic E-state index is 13.4. The summed E-state index contributed by atoms with van der Waals surface area (Å²) >= 11 is 0. The monoisotopic (exact) mass is 609 g/mol. The van der Waals surface area contributed by atoms with Crippen molar-refractivity contribution in [2.75, 3.05) is 42.9 Å². The number of para-hydroxylation sites is 1. The summed E-state index contributed by atoms with van der Waals surface area (Å²) in [6.07, 6.45) is -1.03. The van der Waals surface area contributed by atoms with E-state index in [2.05, 4.69) is 24.1 Å². The Labute approximate surface area is 256 Å². The van der Waals surface area contributed by atoms with Crippen LogP contribution in [0.15, 0.2) is 53.6 Å². The van der Waals surface area contributed by atoms with Gasteiger partial charge in [-0.25, -0.2) is 9.69 Å². The van der Waals surface area contributed by atoms with E-state index in [0.29, 0.717) is 43.5 Å². The number of nitrogens with one attached hydrogen (secondary N) is 1. The molecule has 0 bridgehead atoms. The predicted octanol–water partition coefficient (Wildman–Crippen LogP) is 6.69. The third-order valence-corrected chi connectivity index (χ3v) is 8.26. The van der Waals surface area contributed by atoms with Gasteiger partial charge in [-0.3, -0.25) is 14.5 Å². The minimum absolute atomic E-state index is 0.0826. The van der Waals surface area contributed by atoms with Gasteiger partial charge < -0.3 is 10.2 Å². The standard InChI is InChI=1S/C33H38F3N5O3/c1-22(2)26-10-7-8-12-29(26)38-32(44)40-18-16-39(17-19-40)15-9-5-4-6-11-27-23(3)30(42)41(31(27)43)25-14-13-24(21-37)28(20-25)33(34,35)36/h7-8,10,12-14,20,22H,4-6,9,11,15-19H2,1-3H3,(H,38,44). The second-order valence-electron chi connectivity index (χ2n) is 11.6. The van der Waals surface area contributed by atoms with Crippen molar-refractivity contribution < 1.29 is 27.6 Å². The molecule has 1 N–H and O–H groups in total. The highest BCUT2D eigenvalue weighted by molar-refractivity contribution is 6.32. The van der Waals surface area contributed by atoms with Gasteiger partial charge in [-0.15, -0.1) is 0 Å². The zero-order chi connectivity index (χ0) is 32.0. The molecule has 0 spiro atoms. The maximum Gasteiger partial charge on any atom is 0.417 e. The number of hydrogen-bond acceptors (Lipinski definition) is 5. The van der Waals surface area contributed by atoms with Crippen molar-refractivity contribution in [1.82, 2.24) is 9.80 Å². The molecule has 2 aliphatic heterocycles. The molecule has 4 amide bonds. The van der Waals surface area contributed by atoms with Crippen LogP contribution in [0.5, 0.6) is 0 Å². The average Bonchev–Trinajstić information content (AvgIpc) is 3.21. The van der Waals surface area contributed by atoms with Gasteiger partial charge in [-0.1, -0.05) is 44.9 Å². The smallest absolute Gasteiger partial charge is 0.322 e. The number of halogens is 3. The summed E-state index contributed by atoms with van der Waals surface area (Å²) in [5.74, 6) is -0.941. The number of carbonyl (C=O) groups excluding carboxylic acids is 3. The van der Waals surface area contributed by atoms with Gasteiger partial charge in [-0.05, 0) is 68.5 Å². The van der Waals surface area contributed by atoms with Crippen molar-refractivity contribution in [3.8, 4) is 6.07 Å². The van der Waals surface area contributed by atoms with E-state index < -0.39 is 29.1 Å². The number of carbonyl (C=O) groups is 3. The third-order valence-electron chi connectivity index (χ3n) is 8.26. The van der Waals surface area contributed by atoms with Crippen LogP contribution in [0.25, 0.3) is 0 Å². The Morgan fingerprint density at radius 3 is 2.32 bits per heavy atom. The number of urea groups is 1. The molecule has 11 heteroatoms. The van der Waals surface area contributed by atoms with E-state index in [1.165, 1.54) is 19.1 Å². The molecule has 1 saturated heterocycles. The van der Waals surface area contributed by atoms with Crippen LogP contribution in [0.4, 0.5) is 29.3 Å². The lowest BCUT2D eigenvalue weighted by Gasteiger charge is -2.34. The predicted molar refractivity (Wildman–Crippen MR) is 162 cm³/mol. The van der Waals surface area contributed by atoms with Gasteiger partial charge in [0.15, 0.2) is 0 Å². The van der Waals surface area contributed by atoms with E-state index >= 15 is 0 Å². The molecule has 2 heterocycles. The van der Waals surface area contributed by atoms with Gasteiger partial charge in [-0.2, -0.15) is 18.4 Å². The fraction of sp³-hybridized carbons (Fsp3) is 0.455. The van der Waals surface area contributed by atoms with Crippen LogP contribution in [-0.2, 0) is 15.8 Å². The molecule has 0 aromatic heterocycles. The number of alkyl halides is 3. The number of nitriles is 1. The minimum Gasteiger partial charge on any atom is -0.322 e. The van der Waals surface area contributed by atoms with Crippen LogP contribution in [0, 0.1) is 11.3 Å². The topological polar surface area (TPSA) is 96.8 Å². The van der Waals surface area contributed by atoms with Crippen molar-refractivity contribution in [3.05, 3.63) is 70.3 Å². The number of anilines is 2. The highest BCUT2D eigenvalue weighted by Crippen LogP contribution is 2.37. The van der Waals surface area contributed by atoms with Crippen LogP contribution < -0.4 is 10.2 Å². The molecule has 8 nitrogen and oxygen atoms in total. The minimum atomic E-state index is -4.79. The number of rotatable bonds is 10. The molecule has 2 aliphatic rings. The Hall–Kier alpha value is -4.17. The summed E-state index contributed by atoms with van der Waals surface area (Å²) in [6, 6.07) is 12.1. The lowest BCUT2D eigenvalue weighted by Crippen LogP contribution is -2.50. The van der Waals surface area contributed by atoms with Crippen molar-refractivity contribution in [2.24, 2.45) is 0 Å². The molecule has 0 atom stereocenters. The largest absolute Gasteiger partial charge is 0.417 e. The van der Waals surface area contributed by atoms with E-state index in [1.54, 1.807) is 0 Å². The first kappa shape index (κ1) is 32.7. The van der Waals surface area contributed by atoms with Crippen molar-refractivity contribution in [3.63, 3.8) is 0 Å². The van der Waals surface area contributed by atoms with E-state index in [9.17, 15) is 27.6 Å². The van der Waals surface area contributed by atoms with E-state index in [-0.39, 0.29) is 17.3 Å². The van der Waals surface area contributed by atoms with E-state index in [4.69, 9.17) is 5.26 Å². The molecule has 2 aromatic rings. The van der Waals surface area contributed by atoms with Crippen molar-refractivity contribution in [2.45, 2.75) is 65.0 Å². The summed E-state index contributed by atoms with van der Waals surface area (Å²) in [5.41, 5.74) is 0.571. The second kappa shape index (κ2) is 14.1. The molecule has 0 unspecified atom stereocenters. The highest BCUT2D eigenvalue weighted by Gasteiger charge is 2.39.